The highest BCUT2D eigenvalue weighted by atomic mass is 32.2. The molecule has 19 heavy (non-hydrogen) atoms. The average molecular weight is 297 g/mol. The minimum Gasteiger partial charge on any atom is -0.377 e. The highest BCUT2D eigenvalue weighted by Gasteiger charge is 2.21. The minimum absolute atomic E-state index is 0.0785. The zero-order chi connectivity index (χ0) is 13.8. The number of rotatable bonds is 6. The second kappa shape index (κ2) is 6.21. The van der Waals surface area contributed by atoms with Gasteiger partial charge >= 0.3 is 5.69 Å². The van der Waals surface area contributed by atoms with E-state index in [-0.39, 0.29) is 16.7 Å². The second-order valence-corrected chi connectivity index (χ2v) is 6.12. The van der Waals surface area contributed by atoms with Crippen molar-refractivity contribution in [2.24, 2.45) is 0 Å². The summed E-state index contributed by atoms with van der Waals surface area (Å²) in [7, 11) is 0. The Morgan fingerprint density at radius 3 is 3.05 bits per heavy atom. The van der Waals surface area contributed by atoms with E-state index >= 15 is 0 Å². The molecule has 0 aliphatic heterocycles. The van der Waals surface area contributed by atoms with E-state index < -0.39 is 0 Å². The van der Waals surface area contributed by atoms with Crippen LogP contribution in [-0.2, 0) is 0 Å². The molecule has 2 rings (SSSR count). The average Bonchev–Trinajstić information content (AvgIpc) is 2.83. The number of hydrogen-bond donors (Lipinski definition) is 1. The van der Waals surface area contributed by atoms with Crippen LogP contribution in [0, 0.1) is 10.1 Å². The Bertz CT molecular complexity index is 585. The lowest BCUT2D eigenvalue weighted by molar-refractivity contribution is -0.382. The summed E-state index contributed by atoms with van der Waals surface area (Å²) in [4.78, 5) is 15.0. The Balaban J connectivity index is 2.31. The molecular formula is C12H15N3O2S2. The lowest BCUT2D eigenvalue weighted by Crippen LogP contribution is -2.16. The SMILES string of the molecule is CSCCC(C)Nc1ccc2scnc2c1[N+](=O)[O-]. The third kappa shape index (κ3) is 3.16. The first-order valence-corrected chi connectivity index (χ1v) is 8.17. The van der Waals surface area contributed by atoms with Crippen LogP contribution in [0.15, 0.2) is 17.6 Å². The summed E-state index contributed by atoms with van der Waals surface area (Å²) < 4.78 is 0.842. The van der Waals surface area contributed by atoms with Gasteiger partial charge in [0.15, 0.2) is 5.52 Å². The largest absolute Gasteiger partial charge is 0.377 e. The Labute approximate surface area is 119 Å². The Morgan fingerprint density at radius 2 is 2.37 bits per heavy atom. The summed E-state index contributed by atoms with van der Waals surface area (Å²) in [5.41, 5.74) is 2.74. The van der Waals surface area contributed by atoms with Gasteiger partial charge in [-0.1, -0.05) is 0 Å². The molecule has 0 saturated heterocycles. The molecule has 1 aromatic carbocycles. The van der Waals surface area contributed by atoms with Crippen LogP contribution in [0.2, 0.25) is 0 Å². The molecule has 2 aromatic rings. The summed E-state index contributed by atoms with van der Waals surface area (Å²) >= 11 is 3.18. The third-order valence-electron chi connectivity index (χ3n) is 2.82. The van der Waals surface area contributed by atoms with Crippen molar-refractivity contribution in [2.75, 3.05) is 17.3 Å². The predicted octanol–water partition coefficient (Wildman–Crippen LogP) is 3.76. The fraction of sp³-hybridized carbons (Fsp3) is 0.417. The summed E-state index contributed by atoms with van der Waals surface area (Å²) in [6.07, 6.45) is 3.02. The van der Waals surface area contributed by atoms with Gasteiger partial charge in [0.2, 0.25) is 0 Å². The molecule has 0 aliphatic rings. The third-order valence-corrected chi connectivity index (χ3v) is 4.25. The van der Waals surface area contributed by atoms with Gasteiger partial charge in [0.25, 0.3) is 0 Å². The maximum Gasteiger partial charge on any atom is 0.319 e. The lowest BCUT2D eigenvalue weighted by atomic mass is 10.2. The minimum atomic E-state index is -0.355. The molecule has 0 spiro atoms. The van der Waals surface area contributed by atoms with E-state index in [4.69, 9.17) is 0 Å². The number of hydrogen-bond acceptors (Lipinski definition) is 6. The molecule has 0 radical (unpaired) electrons. The van der Waals surface area contributed by atoms with Gasteiger partial charge in [-0.3, -0.25) is 10.1 Å². The molecule has 102 valence electrons. The van der Waals surface area contributed by atoms with Crippen LogP contribution in [0.1, 0.15) is 13.3 Å². The van der Waals surface area contributed by atoms with Crippen LogP contribution < -0.4 is 5.32 Å². The highest BCUT2D eigenvalue weighted by molar-refractivity contribution is 7.98. The van der Waals surface area contributed by atoms with E-state index in [1.165, 1.54) is 11.3 Å². The standard InChI is InChI=1S/C12H15N3O2S2/c1-8(5-6-18-2)14-9-3-4-10-11(13-7-19-10)12(9)15(16)17/h3-4,7-8,14H,5-6H2,1-2H3. The van der Waals surface area contributed by atoms with Crippen molar-refractivity contribution in [2.45, 2.75) is 19.4 Å². The monoisotopic (exact) mass is 297 g/mol. The molecule has 1 aromatic heterocycles. The Kier molecular flexibility index (Phi) is 4.60. The van der Waals surface area contributed by atoms with Gasteiger partial charge in [0.05, 0.1) is 15.1 Å². The number of fused-ring (bicyclic) bond motifs is 1. The lowest BCUT2D eigenvalue weighted by Gasteiger charge is -2.14. The van der Waals surface area contributed by atoms with E-state index in [0.29, 0.717) is 11.2 Å². The number of nitrogens with one attached hydrogen (secondary N) is 1. The first-order chi connectivity index (χ1) is 9.13. The molecule has 0 bridgehead atoms. The highest BCUT2D eigenvalue weighted by Crippen LogP contribution is 2.34. The molecule has 5 nitrogen and oxygen atoms in total. The molecule has 0 fully saturated rings. The first kappa shape index (κ1) is 14.1. The maximum atomic E-state index is 11.3. The quantitative estimate of drug-likeness (QED) is 0.649. The molecule has 1 unspecified atom stereocenters. The zero-order valence-electron chi connectivity index (χ0n) is 10.8. The van der Waals surface area contributed by atoms with Crippen LogP contribution in [0.3, 0.4) is 0 Å². The van der Waals surface area contributed by atoms with E-state index in [1.54, 1.807) is 23.3 Å². The maximum absolute atomic E-state index is 11.3. The predicted molar refractivity (Wildman–Crippen MR) is 82.4 cm³/mol. The van der Waals surface area contributed by atoms with Crippen molar-refractivity contribution < 1.29 is 4.92 Å². The number of aromatic nitrogens is 1. The van der Waals surface area contributed by atoms with Gasteiger partial charge in [-0.25, -0.2) is 4.98 Å². The number of anilines is 1. The van der Waals surface area contributed by atoms with Crippen molar-refractivity contribution in [3.8, 4) is 0 Å². The fourth-order valence-corrected chi connectivity index (χ4v) is 3.12. The number of benzene rings is 1. The first-order valence-electron chi connectivity index (χ1n) is 5.89. The van der Waals surface area contributed by atoms with Crippen molar-refractivity contribution in [3.63, 3.8) is 0 Å². The molecule has 0 saturated carbocycles. The molecule has 0 aliphatic carbocycles. The molecular weight excluding hydrogens is 282 g/mol. The van der Waals surface area contributed by atoms with Crippen molar-refractivity contribution in [1.29, 1.82) is 0 Å². The number of nitro groups is 1. The molecule has 1 atom stereocenters. The fourth-order valence-electron chi connectivity index (χ4n) is 1.85. The van der Waals surface area contributed by atoms with Gasteiger partial charge in [-0.15, -0.1) is 11.3 Å². The smallest absolute Gasteiger partial charge is 0.319 e. The van der Waals surface area contributed by atoms with Crippen molar-refractivity contribution in [3.05, 3.63) is 27.8 Å². The summed E-state index contributed by atoms with van der Waals surface area (Å²) in [6.45, 7) is 2.03. The molecule has 0 amide bonds. The van der Waals surface area contributed by atoms with Crippen molar-refractivity contribution >= 4 is 44.7 Å². The van der Waals surface area contributed by atoms with Gasteiger partial charge < -0.3 is 5.32 Å². The number of nitro benzene ring substituents is 1. The van der Waals surface area contributed by atoms with Crippen molar-refractivity contribution in [1.82, 2.24) is 4.98 Å². The van der Waals surface area contributed by atoms with Crippen LogP contribution >= 0.6 is 23.1 Å². The van der Waals surface area contributed by atoms with Crippen LogP contribution in [0.5, 0.6) is 0 Å². The van der Waals surface area contributed by atoms with E-state index in [2.05, 4.69) is 16.6 Å². The number of thiazole rings is 1. The summed E-state index contributed by atoms with van der Waals surface area (Å²) in [5.74, 6) is 1.03. The summed E-state index contributed by atoms with van der Waals surface area (Å²) in [5, 5.41) is 14.5. The normalized spacial score (nSPS) is 12.5. The van der Waals surface area contributed by atoms with Crippen LogP contribution in [-0.4, -0.2) is 28.0 Å². The van der Waals surface area contributed by atoms with Gasteiger partial charge in [-0.05, 0) is 37.5 Å². The van der Waals surface area contributed by atoms with Crippen LogP contribution in [0.25, 0.3) is 10.2 Å². The van der Waals surface area contributed by atoms with Gasteiger partial charge in [0, 0.05) is 6.04 Å². The van der Waals surface area contributed by atoms with E-state index in [1.807, 2.05) is 13.0 Å². The Hall–Kier alpha value is -1.34. The number of nitrogens with zero attached hydrogens (tertiary/aromatic N) is 2. The Morgan fingerprint density at radius 1 is 1.58 bits per heavy atom. The molecule has 7 heteroatoms. The summed E-state index contributed by atoms with van der Waals surface area (Å²) in [6, 6.07) is 3.85. The van der Waals surface area contributed by atoms with Crippen LogP contribution in [0.4, 0.5) is 11.4 Å². The van der Waals surface area contributed by atoms with Gasteiger partial charge in [0.1, 0.15) is 5.69 Å². The topological polar surface area (TPSA) is 68.1 Å². The molecule has 1 N–H and O–H groups in total. The van der Waals surface area contributed by atoms with E-state index in [0.717, 1.165) is 16.9 Å². The van der Waals surface area contributed by atoms with Gasteiger partial charge in [-0.2, -0.15) is 11.8 Å². The second-order valence-electron chi connectivity index (χ2n) is 4.24. The molecule has 1 heterocycles. The number of thioether (sulfide) groups is 1. The van der Waals surface area contributed by atoms with E-state index in [9.17, 15) is 10.1 Å². The zero-order valence-corrected chi connectivity index (χ0v) is 12.4.